The first-order valence-corrected chi connectivity index (χ1v) is 16.0. The van der Waals surface area contributed by atoms with E-state index < -0.39 is 6.75 Å². The van der Waals surface area contributed by atoms with Gasteiger partial charge in [0.1, 0.15) is 0 Å². The van der Waals surface area contributed by atoms with Crippen LogP contribution < -0.4 is 0 Å². The van der Waals surface area contributed by atoms with Crippen molar-refractivity contribution in [3.63, 3.8) is 0 Å². The molecule has 0 radical (unpaired) electrons. The number of aromatic nitrogens is 2. The van der Waals surface area contributed by atoms with E-state index in [0.717, 1.165) is 0 Å². The van der Waals surface area contributed by atoms with E-state index in [0.29, 0.717) is 0 Å². The molecule has 0 unspecified atom stereocenters. The monoisotopic (exact) mass is 432 g/mol. The van der Waals surface area contributed by atoms with Crippen molar-refractivity contribution < 1.29 is 0 Å². The Balaban J connectivity index is 2.48. The Morgan fingerprint density at radius 1 is 0.633 bits per heavy atom. The Morgan fingerprint density at radius 2 is 1.13 bits per heavy atom. The summed E-state index contributed by atoms with van der Waals surface area (Å²) in [6.45, 7) is 7.33. The second-order valence-electron chi connectivity index (χ2n) is 9.71. The maximum absolute atomic E-state index is 4.92. The molecule has 0 N–H and O–H groups in total. The van der Waals surface area contributed by atoms with E-state index in [1.165, 1.54) is 113 Å². The van der Waals surface area contributed by atoms with Crippen LogP contribution in [0.25, 0.3) is 11.0 Å². The van der Waals surface area contributed by atoms with Crippen LogP contribution in [-0.2, 0) is 0 Å². The first-order chi connectivity index (χ1) is 14.7. The Bertz CT molecular complexity index is 696. The predicted octanol–water partition coefficient (Wildman–Crippen LogP) is 9.11. The topological polar surface area (TPSA) is 17.8 Å². The van der Waals surface area contributed by atoms with Gasteiger partial charge >= 0.3 is 187 Å². The van der Waals surface area contributed by atoms with Crippen LogP contribution in [0.3, 0.4) is 0 Å². The third-order valence-corrected chi connectivity index (χ3v) is 14.8. The van der Waals surface area contributed by atoms with Gasteiger partial charge in [-0.2, -0.15) is 0 Å². The molecule has 0 aliphatic carbocycles. The third kappa shape index (κ3) is 6.09. The number of nitrogens with zero attached hydrogens (tertiary/aromatic N) is 2. The van der Waals surface area contributed by atoms with Crippen molar-refractivity contribution in [3.05, 3.63) is 30.6 Å². The van der Waals surface area contributed by atoms with Crippen LogP contribution in [0.1, 0.15) is 105 Å². The van der Waals surface area contributed by atoms with E-state index in [4.69, 9.17) is 4.98 Å². The minimum atomic E-state index is -2.12. The van der Waals surface area contributed by atoms with Crippen LogP contribution in [0.5, 0.6) is 0 Å². The Labute approximate surface area is 187 Å². The van der Waals surface area contributed by atoms with E-state index in [9.17, 15) is 0 Å². The number of unbranched alkanes of at least 4 members (excludes halogenated alkanes) is 8. The molecule has 3 heteroatoms. The molecule has 0 spiro atoms. The first-order valence-electron chi connectivity index (χ1n) is 13.1. The third-order valence-electron chi connectivity index (χ3n) is 7.39. The molecule has 2 nitrogen and oxygen atoms in total. The zero-order valence-electron chi connectivity index (χ0n) is 20.5. The molecule has 2 rings (SSSR count). The van der Waals surface area contributed by atoms with Crippen LogP contribution >= 0.6 is 6.75 Å². The van der Waals surface area contributed by atoms with Crippen molar-refractivity contribution in [1.29, 1.82) is 0 Å². The minimum absolute atomic E-state index is 1.19. The molecule has 0 aliphatic rings. The Hall–Kier alpha value is -0.880. The van der Waals surface area contributed by atoms with Crippen molar-refractivity contribution >= 4 is 17.8 Å². The standard InChI is InChI=1S/C27H49N2P/c1-5-9-13-14-15-18-24-30(21-10-6-2,22-11-7-3,23-12-8-4)29-25-28-26-19-16-17-20-27(26)29/h16-17,19-20,25H,5-15,18,21-24H2,1-4H3. The molecule has 0 aliphatic heterocycles. The molecule has 0 bridgehead atoms. The van der Waals surface area contributed by atoms with Gasteiger partial charge < -0.3 is 0 Å². The van der Waals surface area contributed by atoms with E-state index in [2.05, 4.69) is 62.6 Å². The zero-order valence-corrected chi connectivity index (χ0v) is 21.4. The summed E-state index contributed by atoms with van der Waals surface area (Å²) >= 11 is 0. The van der Waals surface area contributed by atoms with Crippen LogP contribution in [0, 0.1) is 0 Å². The number of fused-ring (bicyclic) bond motifs is 1. The van der Waals surface area contributed by atoms with Crippen molar-refractivity contribution in [1.82, 2.24) is 9.32 Å². The normalized spacial score (nSPS) is 13.5. The van der Waals surface area contributed by atoms with Gasteiger partial charge in [0.25, 0.3) is 0 Å². The van der Waals surface area contributed by atoms with Gasteiger partial charge in [0.05, 0.1) is 0 Å². The summed E-state index contributed by atoms with van der Waals surface area (Å²) in [4.78, 5) is 4.92. The molecule has 0 saturated heterocycles. The molecule has 2 aromatic rings. The van der Waals surface area contributed by atoms with Crippen molar-refractivity contribution in [2.75, 3.05) is 24.6 Å². The van der Waals surface area contributed by atoms with Crippen molar-refractivity contribution in [3.8, 4) is 0 Å². The number of para-hydroxylation sites is 2. The first kappa shape index (κ1) is 25.4. The molecule has 0 saturated carbocycles. The van der Waals surface area contributed by atoms with Gasteiger partial charge in [0.15, 0.2) is 0 Å². The quantitative estimate of drug-likeness (QED) is 0.180. The summed E-state index contributed by atoms with van der Waals surface area (Å²) in [7, 11) is 0. The molecule has 30 heavy (non-hydrogen) atoms. The molecule has 0 fully saturated rings. The second kappa shape index (κ2) is 12.8. The van der Waals surface area contributed by atoms with E-state index in [1.807, 2.05) is 0 Å². The van der Waals surface area contributed by atoms with Crippen LogP contribution in [-0.4, -0.2) is 34.0 Å². The molecule has 172 valence electrons. The van der Waals surface area contributed by atoms with E-state index in [-0.39, 0.29) is 0 Å². The van der Waals surface area contributed by atoms with Crippen molar-refractivity contribution in [2.24, 2.45) is 0 Å². The summed E-state index contributed by atoms with van der Waals surface area (Å²) < 4.78 is 2.81. The molecular formula is C27H49N2P. The average molecular weight is 433 g/mol. The fourth-order valence-electron chi connectivity index (χ4n) is 5.49. The number of benzene rings is 1. The van der Waals surface area contributed by atoms with Gasteiger partial charge in [-0.25, -0.2) is 0 Å². The molecule has 0 amide bonds. The molecule has 1 heterocycles. The van der Waals surface area contributed by atoms with Crippen LogP contribution in [0.15, 0.2) is 30.6 Å². The van der Waals surface area contributed by atoms with E-state index >= 15 is 0 Å². The molecule has 0 atom stereocenters. The number of hydrogen-bond acceptors (Lipinski definition) is 1. The summed E-state index contributed by atoms with van der Waals surface area (Å²) in [6.07, 6.45) is 24.4. The number of imidazole rings is 1. The van der Waals surface area contributed by atoms with Gasteiger partial charge in [0, 0.05) is 0 Å². The van der Waals surface area contributed by atoms with E-state index in [1.54, 1.807) is 0 Å². The van der Waals surface area contributed by atoms with Crippen LogP contribution in [0.4, 0.5) is 0 Å². The predicted molar refractivity (Wildman–Crippen MR) is 140 cm³/mol. The number of rotatable bonds is 17. The molecule has 1 aromatic carbocycles. The maximum atomic E-state index is 4.92. The van der Waals surface area contributed by atoms with Gasteiger partial charge in [-0.05, 0) is 0 Å². The summed E-state index contributed by atoms with van der Waals surface area (Å²) in [5.41, 5.74) is 2.60. The molecule has 1 aromatic heterocycles. The van der Waals surface area contributed by atoms with Gasteiger partial charge in [0.2, 0.25) is 0 Å². The Kier molecular flexibility index (Phi) is 10.9. The zero-order chi connectivity index (χ0) is 21.7. The molecular weight excluding hydrogens is 383 g/mol. The van der Waals surface area contributed by atoms with Gasteiger partial charge in [-0.15, -0.1) is 0 Å². The van der Waals surface area contributed by atoms with Crippen molar-refractivity contribution in [2.45, 2.75) is 105 Å². The fraction of sp³-hybridized carbons (Fsp3) is 0.741. The summed E-state index contributed by atoms with van der Waals surface area (Å²) in [5.74, 6) is 0. The number of hydrogen-bond donors (Lipinski definition) is 0. The van der Waals surface area contributed by atoms with Gasteiger partial charge in [-0.3, -0.25) is 0 Å². The fourth-order valence-corrected chi connectivity index (χ4v) is 13.2. The van der Waals surface area contributed by atoms with Crippen LogP contribution in [0.2, 0.25) is 0 Å². The second-order valence-corrected chi connectivity index (χ2v) is 15.7. The Morgan fingerprint density at radius 3 is 1.73 bits per heavy atom. The van der Waals surface area contributed by atoms with Gasteiger partial charge in [-0.1, -0.05) is 0 Å². The average Bonchev–Trinajstić information content (AvgIpc) is 3.22. The SMILES string of the molecule is CCCCCCCCP(CCCC)(CCCC)(CCCC)n1cnc2ccccc21. The summed E-state index contributed by atoms with van der Waals surface area (Å²) in [6, 6.07) is 8.92. The summed E-state index contributed by atoms with van der Waals surface area (Å²) in [5, 5.41) is 0.